The van der Waals surface area contributed by atoms with Gasteiger partial charge in [0.25, 0.3) is 5.91 Å². The summed E-state index contributed by atoms with van der Waals surface area (Å²) >= 11 is 0. The highest BCUT2D eigenvalue weighted by Crippen LogP contribution is 2.31. The molecule has 1 amide bonds. The summed E-state index contributed by atoms with van der Waals surface area (Å²) in [6.45, 7) is 0.374. The molecule has 0 unspecified atom stereocenters. The van der Waals surface area contributed by atoms with Crippen LogP contribution in [0.25, 0.3) is 5.57 Å². The van der Waals surface area contributed by atoms with Gasteiger partial charge in [-0.3, -0.25) is 14.8 Å². The molecule has 4 rings (SSSR count). The van der Waals surface area contributed by atoms with Crippen molar-refractivity contribution in [3.8, 4) is 0 Å². The zero-order valence-electron chi connectivity index (χ0n) is 16.5. The summed E-state index contributed by atoms with van der Waals surface area (Å²) < 4.78 is 14.1. The Labute approximate surface area is 174 Å². The lowest BCUT2D eigenvalue weighted by Gasteiger charge is -2.16. The van der Waals surface area contributed by atoms with E-state index < -0.39 is 5.82 Å². The molecule has 0 aliphatic carbocycles. The van der Waals surface area contributed by atoms with Gasteiger partial charge < -0.3 is 10.6 Å². The van der Waals surface area contributed by atoms with Gasteiger partial charge >= 0.3 is 0 Å². The molecular formula is C24H21FN4O. The summed E-state index contributed by atoms with van der Waals surface area (Å²) in [4.78, 5) is 22.8. The van der Waals surface area contributed by atoms with Crippen LogP contribution in [0.5, 0.6) is 0 Å². The van der Waals surface area contributed by atoms with Gasteiger partial charge in [0.1, 0.15) is 5.82 Å². The number of pyridine rings is 1. The highest BCUT2D eigenvalue weighted by Gasteiger charge is 2.30. The molecule has 0 bridgehead atoms. The molecule has 1 aliphatic rings. The van der Waals surface area contributed by atoms with Crippen LogP contribution in [-0.4, -0.2) is 24.2 Å². The Hall–Kier alpha value is -3.80. The number of benzene rings is 2. The Balaban J connectivity index is 1.54. The van der Waals surface area contributed by atoms with Crippen molar-refractivity contribution in [2.75, 3.05) is 11.9 Å². The largest absolute Gasteiger partial charge is 0.404 e. The summed E-state index contributed by atoms with van der Waals surface area (Å²) in [5.41, 5.74) is 11.0. The lowest BCUT2D eigenvalue weighted by molar-refractivity contribution is 0.0995. The molecule has 1 aromatic heterocycles. The molecule has 3 aromatic rings. The van der Waals surface area contributed by atoms with Crippen molar-refractivity contribution < 1.29 is 9.18 Å². The van der Waals surface area contributed by atoms with Crippen LogP contribution in [-0.2, 0) is 13.0 Å². The number of para-hydroxylation sites is 1. The van der Waals surface area contributed by atoms with E-state index in [4.69, 9.17) is 5.73 Å². The smallest absolute Gasteiger partial charge is 0.259 e. The fourth-order valence-electron chi connectivity index (χ4n) is 3.59. The minimum Gasteiger partial charge on any atom is -0.404 e. The quantitative estimate of drug-likeness (QED) is 0.659. The number of rotatable bonds is 5. The minimum absolute atomic E-state index is 0.179. The molecule has 0 saturated carbocycles. The van der Waals surface area contributed by atoms with Gasteiger partial charge in [-0.2, -0.15) is 0 Å². The van der Waals surface area contributed by atoms with Crippen molar-refractivity contribution in [3.05, 3.63) is 101 Å². The van der Waals surface area contributed by atoms with Crippen molar-refractivity contribution >= 4 is 23.4 Å². The number of halogens is 1. The van der Waals surface area contributed by atoms with Gasteiger partial charge in [0.2, 0.25) is 0 Å². The van der Waals surface area contributed by atoms with Gasteiger partial charge in [0, 0.05) is 36.8 Å². The summed E-state index contributed by atoms with van der Waals surface area (Å²) in [5, 5.41) is 0. The number of hydrogen-bond donors (Lipinski definition) is 1. The Bertz CT molecular complexity index is 1150. The lowest BCUT2D eigenvalue weighted by atomic mass is 10.0. The van der Waals surface area contributed by atoms with E-state index in [0.717, 1.165) is 28.0 Å². The molecule has 1 aliphatic heterocycles. The van der Waals surface area contributed by atoms with Crippen LogP contribution >= 0.6 is 0 Å². The van der Waals surface area contributed by atoms with Gasteiger partial charge in [-0.05, 0) is 47.4 Å². The number of aliphatic imine (C=N–C) groups is 1. The van der Waals surface area contributed by atoms with Crippen molar-refractivity contribution in [3.63, 3.8) is 0 Å². The molecular weight excluding hydrogens is 379 g/mol. The third-order valence-corrected chi connectivity index (χ3v) is 5.10. The molecule has 0 saturated heterocycles. The number of nitrogens with two attached hydrogens (primary N) is 1. The molecule has 0 atom stereocenters. The first-order valence-corrected chi connectivity index (χ1v) is 9.58. The number of carbonyl (C=O) groups is 1. The van der Waals surface area contributed by atoms with Crippen LogP contribution in [0.4, 0.5) is 10.1 Å². The van der Waals surface area contributed by atoms with Gasteiger partial charge in [0.15, 0.2) is 0 Å². The predicted molar refractivity (Wildman–Crippen MR) is 117 cm³/mol. The number of hydrogen-bond acceptors (Lipinski definition) is 4. The van der Waals surface area contributed by atoms with E-state index in [-0.39, 0.29) is 5.91 Å². The topological polar surface area (TPSA) is 71.6 Å². The maximum absolute atomic E-state index is 14.1. The second-order valence-corrected chi connectivity index (χ2v) is 7.07. The van der Waals surface area contributed by atoms with E-state index in [2.05, 4.69) is 9.98 Å². The van der Waals surface area contributed by atoms with Crippen LogP contribution in [0.15, 0.2) is 72.0 Å². The lowest BCUT2D eigenvalue weighted by Crippen LogP contribution is -2.24. The number of fused-ring (bicyclic) bond motifs is 1. The SMILES string of the molecule is CN=CC(=CN)c1ccc(Cc2ccc3c(c2)C(=O)N(c2ccccc2F)C3)cn1. The first-order chi connectivity index (χ1) is 14.6. The van der Waals surface area contributed by atoms with E-state index in [1.54, 1.807) is 37.7 Å². The van der Waals surface area contributed by atoms with Gasteiger partial charge in [-0.15, -0.1) is 0 Å². The Morgan fingerprint density at radius 3 is 2.70 bits per heavy atom. The zero-order chi connectivity index (χ0) is 21.1. The monoisotopic (exact) mass is 400 g/mol. The second kappa shape index (κ2) is 8.29. The number of aromatic nitrogens is 1. The van der Waals surface area contributed by atoms with Crippen molar-refractivity contribution in [1.29, 1.82) is 0 Å². The van der Waals surface area contributed by atoms with E-state index in [1.165, 1.54) is 17.2 Å². The van der Waals surface area contributed by atoms with E-state index in [0.29, 0.717) is 24.2 Å². The van der Waals surface area contributed by atoms with Crippen LogP contribution in [0, 0.1) is 5.82 Å². The van der Waals surface area contributed by atoms with E-state index >= 15 is 0 Å². The highest BCUT2D eigenvalue weighted by molar-refractivity contribution is 6.10. The second-order valence-electron chi connectivity index (χ2n) is 7.07. The standard InChI is InChI=1S/C24H21FN4O/c1-27-14-19(12-26)22-9-7-17(13-28-22)10-16-6-8-18-15-29(24(30)20(18)11-16)23-5-3-2-4-21(23)25/h2-9,11-14H,10,15,26H2,1H3. The van der Waals surface area contributed by atoms with Crippen molar-refractivity contribution in [2.24, 2.45) is 10.7 Å². The molecule has 0 fully saturated rings. The molecule has 2 N–H and O–H groups in total. The van der Waals surface area contributed by atoms with Gasteiger partial charge in [-0.25, -0.2) is 4.39 Å². The molecule has 2 heterocycles. The third-order valence-electron chi connectivity index (χ3n) is 5.10. The van der Waals surface area contributed by atoms with Crippen molar-refractivity contribution in [1.82, 2.24) is 4.98 Å². The summed E-state index contributed by atoms with van der Waals surface area (Å²) in [7, 11) is 1.68. The highest BCUT2D eigenvalue weighted by atomic mass is 19.1. The fourth-order valence-corrected chi connectivity index (χ4v) is 3.59. The average molecular weight is 400 g/mol. The first-order valence-electron chi connectivity index (χ1n) is 9.58. The summed E-state index contributed by atoms with van der Waals surface area (Å²) in [6.07, 6.45) is 5.57. The van der Waals surface area contributed by atoms with Crippen molar-refractivity contribution in [2.45, 2.75) is 13.0 Å². The molecule has 30 heavy (non-hydrogen) atoms. The van der Waals surface area contributed by atoms with E-state index in [1.807, 2.05) is 30.3 Å². The van der Waals surface area contributed by atoms with Gasteiger partial charge in [0.05, 0.1) is 17.9 Å². The number of carbonyl (C=O) groups excluding carboxylic acids is 1. The maximum atomic E-state index is 14.1. The first kappa shape index (κ1) is 19.5. The van der Waals surface area contributed by atoms with Gasteiger partial charge in [-0.1, -0.05) is 30.3 Å². The molecule has 150 valence electrons. The fraction of sp³-hybridized carbons (Fsp3) is 0.125. The number of amides is 1. The Morgan fingerprint density at radius 2 is 2.00 bits per heavy atom. The average Bonchev–Trinajstić information content (AvgIpc) is 3.09. The summed E-state index contributed by atoms with van der Waals surface area (Å²) in [6, 6.07) is 16.1. The molecule has 2 aromatic carbocycles. The number of allylic oxidation sites excluding steroid dienone is 1. The van der Waals surface area contributed by atoms with Crippen LogP contribution in [0.1, 0.15) is 32.7 Å². The predicted octanol–water partition coefficient (Wildman–Crippen LogP) is 3.97. The van der Waals surface area contributed by atoms with E-state index in [9.17, 15) is 9.18 Å². The zero-order valence-corrected chi connectivity index (χ0v) is 16.5. The normalized spacial score (nSPS) is 13.9. The molecule has 5 nitrogen and oxygen atoms in total. The molecule has 0 spiro atoms. The third kappa shape index (κ3) is 3.72. The molecule has 6 heteroatoms. The maximum Gasteiger partial charge on any atom is 0.259 e. The number of nitrogens with zero attached hydrogens (tertiary/aromatic N) is 3. The Kier molecular flexibility index (Phi) is 5.39. The summed E-state index contributed by atoms with van der Waals surface area (Å²) in [5.74, 6) is -0.578. The number of anilines is 1. The minimum atomic E-state index is -0.399. The molecule has 0 radical (unpaired) electrons. The van der Waals surface area contributed by atoms with Crippen LogP contribution in [0.2, 0.25) is 0 Å². The Morgan fingerprint density at radius 1 is 1.20 bits per heavy atom. The van der Waals surface area contributed by atoms with Crippen LogP contribution in [0.3, 0.4) is 0 Å². The van der Waals surface area contributed by atoms with Crippen LogP contribution < -0.4 is 10.6 Å².